The molecule has 5 heteroatoms. The van der Waals surface area contributed by atoms with Crippen LogP contribution in [-0.2, 0) is 4.74 Å². The molecule has 0 saturated heterocycles. The molecule has 1 aromatic carbocycles. The second kappa shape index (κ2) is 7.64. The van der Waals surface area contributed by atoms with Crippen LogP contribution in [0.3, 0.4) is 0 Å². The number of rotatable bonds is 5. The lowest BCUT2D eigenvalue weighted by Gasteiger charge is -2.22. The molecule has 0 aliphatic heterocycles. The van der Waals surface area contributed by atoms with Gasteiger partial charge >= 0.3 is 0 Å². The van der Waals surface area contributed by atoms with Gasteiger partial charge in [-0.3, -0.25) is 4.79 Å². The fourth-order valence-electron chi connectivity index (χ4n) is 2.41. The van der Waals surface area contributed by atoms with Gasteiger partial charge in [-0.2, -0.15) is 0 Å². The van der Waals surface area contributed by atoms with Crippen molar-refractivity contribution in [3.05, 3.63) is 28.2 Å². The molecule has 0 radical (unpaired) electrons. The van der Waals surface area contributed by atoms with Crippen molar-refractivity contribution in [2.45, 2.75) is 38.2 Å². The summed E-state index contributed by atoms with van der Waals surface area (Å²) in [4.78, 5) is 11.9. The second-order valence-corrected chi connectivity index (χ2v) is 5.96. The van der Waals surface area contributed by atoms with E-state index in [0.717, 1.165) is 17.3 Å². The van der Waals surface area contributed by atoms with E-state index in [9.17, 15) is 9.90 Å². The lowest BCUT2D eigenvalue weighted by Crippen LogP contribution is -2.29. The second-order valence-electron chi connectivity index (χ2n) is 5.05. The van der Waals surface area contributed by atoms with Gasteiger partial charge < -0.3 is 15.2 Å². The van der Waals surface area contributed by atoms with Gasteiger partial charge in [0.2, 0.25) is 0 Å². The monoisotopic (exact) mass is 341 g/mol. The number of nitrogens with one attached hydrogen (secondary N) is 1. The molecule has 4 nitrogen and oxygen atoms in total. The number of phenolic OH excluding ortho intramolecular Hbond substituents is 1. The maximum absolute atomic E-state index is 11.9. The maximum Gasteiger partial charge on any atom is 0.255 e. The first-order valence-corrected chi connectivity index (χ1v) is 7.84. The first-order chi connectivity index (χ1) is 9.66. The summed E-state index contributed by atoms with van der Waals surface area (Å²) in [5.41, 5.74) is 0.283. The third kappa shape index (κ3) is 4.49. The number of carbonyl (C=O) groups excluding carboxylic acids is 1. The van der Waals surface area contributed by atoms with Crippen LogP contribution in [0.2, 0.25) is 0 Å². The summed E-state index contributed by atoms with van der Waals surface area (Å²) in [6.45, 7) is 0.985. The molecule has 110 valence electrons. The average molecular weight is 342 g/mol. The molecule has 1 amide bonds. The lowest BCUT2D eigenvalue weighted by atomic mass is 9.98. The van der Waals surface area contributed by atoms with Gasteiger partial charge in [0, 0.05) is 11.0 Å². The first kappa shape index (κ1) is 15.3. The molecule has 1 aliphatic carbocycles. The van der Waals surface area contributed by atoms with E-state index < -0.39 is 0 Å². The molecule has 0 heterocycles. The highest BCUT2D eigenvalue weighted by Gasteiger charge is 2.14. The Balaban J connectivity index is 1.72. The standard InChI is InChI=1S/C15H20BrNO3/c16-11-6-7-13(14(18)10-11)15(19)17-8-9-20-12-4-2-1-3-5-12/h6-7,10,12,18H,1-5,8-9H2,(H,17,19). The van der Waals surface area contributed by atoms with E-state index >= 15 is 0 Å². The summed E-state index contributed by atoms with van der Waals surface area (Å²) in [5, 5.41) is 12.5. The Hall–Kier alpha value is -1.07. The molecule has 1 aliphatic rings. The van der Waals surface area contributed by atoms with Crippen molar-refractivity contribution in [1.82, 2.24) is 5.32 Å². The normalized spacial score (nSPS) is 16.1. The highest BCUT2D eigenvalue weighted by Crippen LogP contribution is 2.22. The molecule has 0 unspecified atom stereocenters. The molecule has 1 saturated carbocycles. The van der Waals surface area contributed by atoms with Gasteiger partial charge in [0.05, 0.1) is 18.3 Å². The van der Waals surface area contributed by atoms with Crippen LogP contribution in [-0.4, -0.2) is 30.3 Å². The minimum Gasteiger partial charge on any atom is -0.507 e. The van der Waals surface area contributed by atoms with Crippen LogP contribution in [0, 0.1) is 0 Å². The van der Waals surface area contributed by atoms with Crippen LogP contribution in [0.1, 0.15) is 42.5 Å². The van der Waals surface area contributed by atoms with E-state index in [2.05, 4.69) is 21.2 Å². The van der Waals surface area contributed by atoms with Crippen molar-refractivity contribution in [1.29, 1.82) is 0 Å². The average Bonchev–Trinajstić information content (AvgIpc) is 2.44. The fourth-order valence-corrected chi connectivity index (χ4v) is 2.76. The molecule has 0 atom stereocenters. The van der Waals surface area contributed by atoms with E-state index in [1.54, 1.807) is 12.1 Å². The van der Waals surface area contributed by atoms with Gasteiger partial charge in [0.25, 0.3) is 5.91 Å². The highest BCUT2D eigenvalue weighted by atomic mass is 79.9. The Morgan fingerprint density at radius 3 is 2.80 bits per heavy atom. The summed E-state index contributed by atoms with van der Waals surface area (Å²) in [6.07, 6.45) is 6.39. The van der Waals surface area contributed by atoms with Gasteiger partial charge in [-0.05, 0) is 31.0 Å². The number of ether oxygens (including phenoxy) is 1. The number of carbonyl (C=O) groups is 1. The molecule has 0 bridgehead atoms. The zero-order valence-corrected chi connectivity index (χ0v) is 13.0. The zero-order chi connectivity index (χ0) is 14.4. The number of aromatic hydroxyl groups is 1. The molecule has 0 spiro atoms. The summed E-state index contributed by atoms with van der Waals surface area (Å²) >= 11 is 3.24. The van der Waals surface area contributed by atoms with Crippen molar-refractivity contribution in [3.8, 4) is 5.75 Å². The molecule has 1 aromatic rings. The minimum atomic E-state index is -0.276. The Labute approximate surface area is 127 Å². The van der Waals surface area contributed by atoms with Crippen LogP contribution >= 0.6 is 15.9 Å². The molecule has 1 fully saturated rings. The van der Waals surface area contributed by atoms with E-state index in [0.29, 0.717) is 19.3 Å². The van der Waals surface area contributed by atoms with E-state index in [1.807, 2.05) is 0 Å². The lowest BCUT2D eigenvalue weighted by molar-refractivity contribution is 0.0299. The topological polar surface area (TPSA) is 58.6 Å². The van der Waals surface area contributed by atoms with Gasteiger partial charge in [0.1, 0.15) is 5.75 Å². The number of hydrogen-bond acceptors (Lipinski definition) is 3. The fraction of sp³-hybridized carbons (Fsp3) is 0.533. The van der Waals surface area contributed by atoms with Gasteiger partial charge in [0.15, 0.2) is 0 Å². The smallest absolute Gasteiger partial charge is 0.255 e. The van der Waals surface area contributed by atoms with Crippen LogP contribution in [0.15, 0.2) is 22.7 Å². The minimum absolute atomic E-state index is 0.0231. The van der Waals surface area contributed by atoms with Crippen LogP contribution in [0.25, 0.3) is 0 Å². The number of halogens is 1. The zero-order valence-electron chi connectivity index (χ0n) is 11.4. The van der Waals surface area contributed by atoms with Gasteiger partial charge in [-0.1, -0.05) is 35.2 Å². The van der Waals surface area contributed by atoms with Gasteiger partial charge in [-0.15, -0.1) is 0 Å². The third-order valence-electron chi connectivity index (χ3n) is 3.50. The third-order valence-corrected chi connectivity index (χ3v) is 3.99. The molecule has 2 N–H and O–H groups in total. The van der Waals surface area contributed by atoms with Crippen LogP contribution in [0.4, 0.5) is 0 Å². The van der Waals surface area contributed by atoms with Crippen molar-refractivity contribution in [2.75, 3.05) is 13.2 Å². The van der Waals surface area contributed by atoms with Crippen LogP contribution in [0.5, 0.6) is 5.75 Å². The SMILES string of the molecule is O=C(NCCOC1CCCCC1)c1ccc(Br)cc1O. The predicted octanol–water partition coefficient (Wildman–Crippen LogP) is 3.23. The van der Waals surface area contributed by atoms with Crippen molar-refractivity contribution >= 4 is 21.8 Å². The molecule has 20 heavy (non-hydrogen) atoms. The van der Waals surface area contributed by atoms with Gasteiger partial charge in [-0.25, -0.2) is 0 Å². The van der Waals surface area contributed by atoms with E-state index in [-0.39, 0.29) is 17.2 Å². The number of benzene rings is 1. The molecular formula is C15H20BrNO3. The van der Waals surface area contributed by atoms with E-state index in [1.165, 1.54) is 25.3 Å². The first-order valence-electron chi connectivity index (χ1n) is 7.05. The summed E-state index contributed by atoms with van der Waals surface area (Å²) in [6, 6.07) is 4.83. The van der Waals surface area contributed by atoms with Crippen molar-refractivity contribution in [2.24, 2.45) is 0 Å². The summed E-state index contributed by atoms with van der Waals surface area (Å²) in [5.74, 6) is -0.299. The number of phenols is 1. The largest absolute Gasteiger partial charge is 0.507 e. The predicted molar refractivity (Wildman–Crippen MR) is 81.0 cm³/mol. The summed E-state index contributed by atoms with van der Waals surface area (Å²) in [7, 11) is 0. The summed E-state index contributed by atoms with van der Waals surface area (Å²) < 4.78 is 6.48. The maximum atomic E-state index is 11.9. The highest BCUT2D eigenvalue weighted by molar-refractivity contribution is 9.10. The quantitative estimate of drug-likeness (QED) is 0.808. The number of amides is 1. The Morgan fingerprint density at radius 1 is 1.35 bits per heavy atom. The Morgan fingerprint density at radius 2 is 2.10 bits per heavy atom. The van der Waals surface area contributed by atoms with Crippen molar-refractivity contribution in [3.63, 3.8) is 0 Å². The molecule has 0 aromatic heterocycles. The molecule has 2 rings (SSSR count). The molecular weight excluding hydrogens is 322 g/mol. The van der Waals surface area contributed by atoms with Crippen molar-refractivity contribution < 1.29 is 14.6 Å². The Kier molecular flexibility index (Phi) is 5.86. The number of hydrogen-bond donors (Lipinski definition) is 2. The Bertz CT molecular complexity index is 458. The van der Waals surface area contributed by atoms with E-state index in [4.69, 9.17) is 4.74 Å². The van der Waals surface area contributed by atoms with Crippen LogP contribution < -0.4 is 5.32 Å².